The Morgan fingerprint density at radius 1 is 0.965 bits per heavy atom. The van der Waals surface area contributed by atoms with Crippen molar-refractivity contribution < 1.29 is 28.6 Å². The van der Waals surface area contributed by atoms with Crippen molar-refractivity contribution in [2.75, 3.05) is 45.7 Å². The number of urea groups is 1. The fourth-order valence-corrected chi connectivity index (χ4v) is 6.06. The van der Waals surface area contributed by atoms with Crippen molar-refractivity contribution in [3.63, 3.8) is 0 Å². The number of aromatic nitrogens is 3. The van der Waals surface area contributed by atoms with Crippen LogP contribution in [-0.4, -0.2) is 76.7 Å². The average molecular weight is 802 g/mol. The van der Waals surface area contributed by atoms with Crippen LogP contribution in [0.4, 0.5) is 15.0 Å². The van der Waals surface area contributed by atoms with Gasteiger partial charge in [-0.25, -0.2) is 13.9 Å². The molecule has 0 aliphatic carbocycles. The first-order chi connectivity index (χ1) is 27.0. The van der Waals surface area contributed by atoms with Gasteiger partial charge in [-0.15, -0.1) is 0 Å². The molecule has 0 aliphatic heterocycles. The number of rotatable bonds is 15. The molecule has 4 N–H and O–H groups in total. The van der Waals surface area contributed by atoms with Gasteiger partial charge in [0, 0.05) is 54.5 Å². The van der Waals surface area contributed by atoms with E-state index in [1.54, 1.807) is 66.2 Å². The van der Waals surface area contributed by atoms with Crippen LogP contribution >= 0.6 is 11.6 Å². The van der Waals surface area contributed by atoms with Crippen molar-refractivity contribution in [3.05, 3.63) is 128 Å². The molecule has 0 saturated carbocycles. The summed E-state index contributed by atoms with van der Waals surface area (Å²) in [5.74, 6) is 0.281. The van der Waals surface area contributed by atoms with Gasteiger partial charge in [0.25, 0.3) is 11.5 Å². The van der Waals surface area contributed by atoms with E-state index in [1.165, 1.54) is 16.7 Å². The zero-order chi connectivity index (χ0) is 41.4. The minimum Gasteiger partial charge on any atom is -0.491 e. The summed E-state index contributed by atoms with van der Waals surface area (Å²) in [5.41, 5.74) is 3.68. The summed E-state index contributed by atoms with van der Waals surface area (Å²) in [6, 6.07) is 19.2. The fourth-order valence-electron chi connectivity index (χ4n) is 5.87. The Hall–Kier alpha value is -5.70. The molecule has 2 heterocycles. The zero-order valence-electron chi connectivity index (χ0n) is 33.2. The summed E-state index contributed by atoms with van der Waals surface area (Å²) in [4.78, 5) is 41.8. The molecule has 302 valence electrons. The topological polar surface area (TPSA) is 152 Å². The van der Waals surface area contributed by atoms with Crippen molar-refractivity contribution in [1.82, 2.24) is 29.9 Å². The van der Waals surface area contributed by atoms with E-state index >= 15 is 0 Å². The van der Waals surface area contributed by atoms with Crippen molar-refractivity contribution in [1.29, 1.82) is 0 Å². The minimum absolute atomic E-state index is 0.0558. The molecular weight excluding hydrogens is 753 g/mol. The van der Waals surface area contributed by atoms with Gasteiger partial charge >= 0.3 is 6.03 Å². The summed E-state index contributed by atoms with van der Waals surface area (Å²) >= 11 is 6.61. The van der Waals surface area contributed by atoms with Crippen LogP contribution in [0.15, 0.2) is 77.6 Å². The third-order valence-corrected chi connectivity index (χ3v) is 9.34. The highest BCUT2D eigenvalue weighted by Crippen LogP contribution is 2.29. The lowest BCUT2D eigenvalue weighted by molar-refractivity contribution is 0.0951. The molecular formula is C42H49ClFN7O6. The SMILES string of the molecule is Cc1ccc(C(=O)NCCN(C)C)cc1-n1c(C)cc(OCc2ccc(F)cc2CNC(=O)Nc2cc(C(C)(C)C)nn2-c2cccc(OCCO)c2)c(Cl)c1=O. The number of aryl methyl sites for hydroxylation is 2. The summed E-state index contributed by atoms with van der Waals surface area (Å²) in [6.07, 6.45) is 0. The van der Waals surface area contributed by atoms with Gasteiger partial charge in [0.15, 0.2) is 0 Å². The monoisotopic (exact) mass is 801 g/mol. The first kappa shape index (κ1) is 42.4. The van der Waals surface area contributed by atoms with E-state index in [0.717, 1.165) is 11.3 Å². The number of amides is 3. The quantitative estimate of drug-likeness (QED) is 0.0965. The first-order valence-electron chi connectivity index (χ1n) is 18.4. The number of hydrogen-bond acceptors (Lipinski definition) is 8. The molecule has 0 saturated heterocycles. The van der Waals surface area contributed by atoms with Gasteiger partial charge in [-0.1, -0.05) is 50.6 Å². The van der Waals surface area contributed by atoms with Gasteiger partial charge in [0.05, 0.1) is 23.7 Å². The van der Waals surface area contributed by atoms with Gasteiger partial charge in [0.1, 0.15) is 41.4 Å². The van der Waals surface area contributed by atoms with E-state index in [4.69, 9.17) is 26.2 Å². The van der Waals surface area contributed by atoms with E-state index in [2.05, 4.69) is 16.0 Å². The molecule has 0 fully saturated rings. The molecule has 0 radical (unpaired) electrons. The first-order valence-corrected chi connectivity index (χ1v) is 18.8. The normalized spacial score (nSPS) is 11.4. The number of halogens is 2. The molecule has 13 nitrogen and oxygen atoms in total. The van der Waals surface area contributed by atoms with E-state index < -0.39 is 17.4 Å². The highest BCUT2D eigenvalue weighted by molar-refractivity contribution is 6.31. The number of hydrogen-bond donors (Lipinski definition) is 4. The van der Waals surface area contributed by atoms with Gasteiger partial charge in [-0.2, -0.15) is 5.10 Å². The highest BCUT2D eigenvalue weighted by atomic mass is 35.5. The molecule has 0 spiro atoms. The molecule has 57 heavy (non-hydrogen) atoms. The average Bonchev–Trinajstić information content (AvgIpc) is 3.59. The summed E-state index contributed by atoms with van der Waals surface area (Å²) in [7, 11) is 3.84. The molecule has 3 amide bonds. The highest BCUT2D eigenvalue weighted by Gasteiger charge is 2.22. The Morgan fingerprint density at radius 3 is 2.46 bits per heavy atom. The molecule has 0 unspecified atom stereocenters. The molecule has 0 atom stereocenters. The van der Waals surface area contributed by atoms with E-state index in [9.17, 15) is 23.9 Å². The lowest BCUT2D eigenvalue weighted by atomic mass is 9.92. The number of nitrogens with zero attached hydrogens (tertiary/aromatic N) is 4. The number of carbonyl (C=O) groups excluding carboxylic acids is 2. The smallest absolute Gasteiger partial charge is 0.320 e. The Bertz CT molecular complexity index is 2300. The number of carbonyl (C=O) groups is 2. The van der Waals surface area contributed by atoms with Crippen LogP contribution in [0.3, 0.4) is 0 Å². The Morgan fingerprint density at radius 2 is 1.74 bits per heavy atom. The summed E-state index contributed by atoms with van der Waals surface area (Å²) in [5, 5.41) is 22.3. The van der Waals surface area contributed by atoms with Gasteiger partial charge < -0.3 is 30.1 Å². The van der Waals surface area contributed by atoms with Crippen molar-refractivity contribution in [2.24, 2.45) is 0 Å². The van der Waals surface area contributed by atoms with Crippen molar-refractivity contribution in [2.45, 2.75) is 53.2 Å². The predicted octanol–water partition coefficient (Wildman–Crippen LogP) is 6.29. The number of aliphatic hydroxyl groups excluding tert-OH is 1. The number of likely N-dealkylation sites (N-methyl/N-ethyl adjacent to an activating group) is 1. The van der Waals surface area contributed by atoms with E-state index in [0.29, 0.717) is 58.4 Å². The fraction of sp³-hybridized carbons (Fsp3) is 0.333. The van der Waals surface area contributed by atoms with Crippen LogP contribution in [-0.2, 0) is 18.6 Å². The third kappa shape index (κ3) is 10.8. The molecule has 3 aromatic carbocycles. The minimum atomic E-state index is -0.562. The Labute approximate surface area is 336 Å². The van der Waals surface area contributed by atoms with Gasteiger partial charge in [0.2, 0.25) is 0 Å². The molecule has 2 aromatic heterocycles. The second kappa shape index (κ2) is 18.5. The van der Waals surface area contributed by atoms with Crippen molar-refractivity contribution in [3.8, 4) is 22.9 Å². The molecule has 15 heteroatoms. The lowest BCUT2D eigenvalue weighted by Gasteiger charge is -2.18. The van der Waals surface area contributed by atoms with E-state index in [-0.39, 0.29) is 48.5 Å². The summed E-state index contributed by atoms with van der Waals surface area (Å²) in [6.45, 7) is 10.6. The van der Waals surface area contributed by atoms with Crippen LogP contribution in [0.1, 0.15) is 59.2 Å². The number of benzene rings is 3. The maximum atomic E-state index is 14.5. The van der Waals surface area contributed by atoms with Crippen LogP contribution in [0.5, 0.6) is 11.5 Å². The molecule has 5 rings (SSSR count). The summed E-state index contributed by atoms with van der Waals surface area (Å²) < 4.78 is 29.2. The second-order valence-electron chi connectivity index (χ2n) is 14.8. The number of anilines is 1. The van der Waals surface area contributed by atoms with Crippen molar-refractivity contribution >= 4 is 29.4 Å². The third-order valence-electron chi connectivity index (χ3n) is 8.99. The number of ether oxygens (including phenoxy) is 2. The zero-order valence-corrected chi connectivity index (χ0v) is 34.0. The van der Waals surface area contributed by atoms with Gasteiger partial charge in [-0.3, -0.25) is 19.5 Å². The number of pyridine rings is 1. The number of nitrogens with one attached hydrogen (secondary N) is 3. The Balaban J connectivity index is 1.31. The van der Waals surface area contributed by atoms with Crippen LogP contribution in [0, 0.1) is 19.7 Å². The maximum absolute atomic E-state index is 14.5. The number of aliphatic hydroxyl groups is 1. The maximum Gasteiger partial charge on any atom is 0.320 e. The van der Waals surface area contributed by atoms with Crippen LogP contribution < -0.4 is 31.0 Å². The van der Waals surface area contributed by atoms with Crippen LogP contribution in [0.25, 0.3) is 11.4 Å². The largest absolute Gasteiger partial charge is 0.491 e. The van der Waals surface area contributed by atoms with Crippen LogP contribution in [0.2, 0.25) is 5.02 Å². The molecule has 0 bridgehead atoms. The Kier molecular flexibility index (Phi) is 13.8. The second-order valence-corrected chi connectivity index (χ2v) is 15.2. The molecule has 0 aliphatic rings. The lowest BCUT2D eigenvalue weighted by Crippen LogP contribution is -2.31. The predicted molar refractivity (Wildman–Crippen MR) is 219 cm³/mol. The van der Waals surface area contributed by atoms with Gasteiger partial charge in [-0.05, 0) is 81.0 Å². The molecule has 5 aromatic rings. The van der Waals surface area contributed by atoms with E-state index in [1.807, 2.05) is 52.8 Å². The standard InChI is InChI=1S/C42H49ClFN7O6/c1-26-11-12-28(39(53)45-15-16-49(6)7)21-34(26)50-27(2)19-35(38(43)40(50)54)57-25-29-13-14-31(44)20-30(29)24-46-41(55)47-37-23-36(42(3,4)5)48-51(37)32-9-8-10-33(22-32)56-18-17-52/h8-14,19-23,52H,15-18,24-25H2,1-7H3,(H,45,53)(H2,46,47,55).